The van der Waals surface area contributed by atoms with E-state index in [1.807, 2.05) is 13.8 Å². The van der Waals surface area contributed by atoms with E-state index in [9.17, 15) is 18.0 Å². The van der Waals surface area contributed by atoms with Gasteiger partial charge in [-0.25, -0.2) is 13.4 Å². The normalized spacial score (nSPS) is 15.1. The molecule has 0 saturated carbocycles. The van der Waals surface area contributed by atoms with Gasteiger partial charge in [-0.15, -0.1) is 11.3 Å². The number of morpholine rings is 1. The Morgan fingerprint density at radius 1 is 1.21 bits per heavy atom. The predicted octanol–water partition coefficient (Wildman–Crippen LogP) is 2.43. The van der Waals surface area contributed by atoms with E-state index in [2.05, 4.69) is 10.3 Å². The molecule has 0 unspecified atom stereocenters. The maximum Gasteiger partial charge on any atom is 0.262 e. The number of ether oxygens (including phenoxy) is 1. The van der Waals surface area contributed by atoms with Gasteiger partial charge in [0.2, 0.25) is 15.9 Å². The second-order valence-electron chi connectivity index (χ2n) is 8.00. The van der Waals surface area contributed by atoms with E-state index in [4.69, 9.17) is 4.74 Å². The molecule has 0 spiro atoms. The van der Waals surface area contributed by atoms with Crippen LogP contribution in [0.3, 0.4) is 0 Å². The van der Waals surface area contributed by atoms with Crippen LogP contribution in [0.5, 0.6) is 0 Å². The Morgan fingerprint density at radius 2 is 1.94 bits per heavy atom. The number of rotatable bonds is 6. The van der Waals surface area contributed by atoms with Gasteiger partial charge in [0, 0.05) is 36.6 Å². The Kier molecular flexibility index (Phi) is 6.66. The number of sulfonamides is 1. The third-order valence-electron chi connectivity index (χ3n) is 5.80. The van der Waals surface area contributed by atoms with Crippen molar-refractivity contribution in [2.24, 2.45) is 0 Å². The van der Waals surface area contributed by atoms with Crippen LogP contribution < -0.4 is 10.9 Å². The second-order valence-corrected chi connectivity index (χ2v) is 11.1. The molecule has 9 nitrogen and oxygen atoms in total. The minimum absolute atomic E-state index is 0.0503. The number of hydrogen-bond donors (Lipinski definition) is 1. The van der Waals surface area contributed by atoms with Gasteiger partial charge in [0.15, 0.2) is 0 Å². The Morgan fingerprint density at radius 3 is 2.67 bits per heavy atom. The summed E-state index contributed by atoms with van der Waals surface area (Å²) < 4.78 is 34.2. The largest absolute Gasteiger partial charge is 0.379 e. The maximum atomic E-state index is 13.0. The molecule has 3 heterocycles. The highest BCUT2D eigenvalue weighted by Gasteiger charge is 2.28. The van der Waals surface area contributed by atoms with Gasteiger partial charge < -0.3 is 10.1 Å². The maximum absolute atomic E-state index is 13.0. The molecule has 176 valence electrons. The molecular formula is C22H26N4O5S2. The van der Waals surface area contributed by atoms with Crippen LogP contribution in [0.15, 0.2) is 34.2 Å². The summed E-state index contributed by atoms with van der Waals surface area (Å²) in [5, 5.41) is 3.34. The van der Waals surface area contributed by atoms with Crippen LogP contribution in [0.1, 0.15) is 22.4 Å². The smallest absolute Gasteiger partial charge is 0.262 e. The average Bonchev–Trinajstić information content (AvgIpc) is 3.09. The van der Waals surface area contributed by atoms with Crippen LogP contribution in [0, 0.1) is 20.8 Å². The minimum atomic E-state index is -3.69. The Bertz CT molecular complexity index is 1370. The fraction of sp³-hybridized carbons (Fsp3) is 0.409. The number of amides is 1. The molecule has 1 N–H and O–H groups in total. The van der Waals surface area contributed by atoms with Crippen molar-refractivity contribution in [3.05, 3.63) is 50.9 Å². The molecule has 1 aromatic carbocycles. The monoisotopic (exact) mass is 490 g/mol. The van der Waals surface area contributed by atoms with Crippen molar-refractivity contribution in [3.8, 4) is 0 Å². The first-order valence-corrected chi connectivity index (χ1v) is 12.9. The summed E-state index contributed by atoms with van der Waals surface area (Å²) in [6.45, 7) is 7.07. The van der Waals surface area contributed by atoms with Gasteiger partial charge in [0.25, 0.3) is 5.56 Å². The number of anilines is 1. The highest BCUT2D eigenvalue weighted by atomic mass is 32.2. The summed E-state index contributed by atoms with van der Waals surface area (Å²) in [6.07, 6.45) is 1.51. The van der Waals surface area contributed by atoms with E-state index >= 15 is 0 Å². The molecule has 0 atom stereocenters. The second kappa shape index (κ2) is 9.34. The van der Waals surface area contributed by atoms with Crippen LogP contribution in [-0.2, 0) is 26.1 Å². The molecular weight excluding hydrogens is 464 g/mol. The molecule has 3 aromatic rings. The highest BCUT2D eigenvalue weighted by Crippen LogP contribution is 2.26. The molecule has 0 aliphatic carbocycles. The lowest BCUT2D eigenvalue weighted by Crippen LogP contribution is -2.40. The number of aromatic nitrogens is 2. The minimum Gasteiger partial charge on any atom is -0.379 e. The summed E-state index contributed by atoms with van der Waals surface area (Å²) in [4.78, 5) is 31.6. The fourth-order valence-electron chi connectivity index (χ4n) is 3.76. The van der Waals surface area contributed by atoms with Crippen molar-refractivity contribution >= 4 is 43.2 Å². The Balaban J connectivity index is 1.48. The highest BCUT2D eigenvalue weighted by molar-refractivity contribution is 7.89. The average molecular weight is 491 g/mol. The molecule has 2 aromatic heterocycles. The van der Waals surface area contributed by atoms with Crippen LogP contribution in [-0.4, -0.2) is 54.5 Å². The summed E-state index contributed by atoms with van der Waals surface area (Å²) in [6, 6.07) is 4.82. The van der Waals surface area contributed by atoms with Crippen molar-refractivity contribution in [2.45, 2.75) is 38.6 Å². The lowest BCUT2D eigenvalue weighted by atomic mass is 10.2. The van der Waals surface area contributed by atoms with Gasteiger partial charge in [0.05, 0.1) is 29.8 Å². The van der Waals surface area contributed by atoms with Crippen molar-refractivity contribution in [2.75, 3.05) is 31.6 Å². The summed E-state index contributed by atoms with van der Waals surface area (Å²) in [7, 11) is -3.69. The van der Waals surface area contributed by atoms with Crippen LogP contribution >= 0.6 is 11.3 Å². The first-order chi connectivity index (χ1) is 15.7. The number of thiophene rings is 1. The number of nitrogens with zero attached hydrogens (tertiary/aromatic N) is 3. The lowest BCUT2D eigenvalue weighted by Gasteiger charge is -2.26. The number of hydrogen-bond acceptors (Lipinski definition) is 7. The number of carbonyl (C=O) groups excluding carboxylic acids is 1. The number of aryl methyl sites for hydroxylation is 4. The number of carbonyl (C=O) groups is 1. The van der Waals surface area contributed by atoms with E-state index in [1.165, 1.54) is 32.6 Å². The molecule has 11 heteroatoms. The number of nitrogens with one attached hydrogen (secondary N) is 1. The predicted molar refractivity (Wildman–Crippen MR) is 127 cm³/mol. The van der Waals surface area contributed by atoms with Crippen LogP contribution in [0.4, 0.5) is 5.69 Å². The molecule has 4 rings (SSSR count). The quantitative estimate of drug-likeness (QED) is 0.568. The van der Waals surface area contributed by atoms with Gasteiger partial charge in [-0.1, -0.05) is 6.07 Å². The standard InChI is InChI=1S/C22H26N4O5S2/c1-14-4-5-17(12-18(14)33(29,30)26-8-10-31-11-9-26)24-19(27)6-7-25-13-23-21-20(22(25)28)15(2)16(3)32-21/h4-5,12-13H,6-11H2,1-3H3,(H,24,27). The number of benzene rings is 1. The van der Waals surface area contributed by atoms with Gasteiger partial charge in [-0.05, 0) is 44.0 Å². The first-order valence-electron chi connectivity index (χ1n) is 10.6. The molecule has 33 heavy (non-hydrogen) atoms. The van der Waals surface area contributed by atoms with Gasteiger partial charge >= 0.3 is 0 Å². The summed E-state index contributed by atoms with van der Waals surface area (Å²) in [5.74, 6) is -0.321. The lowest BCUT2D eigenvalue weighted by molar-refractivity contribution is -0.116. The van der Waals surface area contributed by atoms with E-state index in [0.717, 1.165) is 10.4 Å². The SMILES string of the molecule is Cc1ccc(NC(=O)CCn2cnc3sc(C)c(C)c3c2=O)cc1S(=O)(=O)N1CCOCC1. The van der Waals surface area contributed by atoms with Crippen LogP contribution in [0.25, 0.3) is 10.2 Å². The molecule has 1 aliphatic heterocycles. The zero-order valence-electron chi connectivity index (χ0n) is 18.8. The van der Waals surface area contributed by atoms with Gasteiger partial charge in [-0.2, -0.15) is 4.31 Å². The zero-order chi connectivity index (χ0) is 23.8. The van der Waals surface area contributed by atoms with Crippen molar-refractivity contribution in [3.63, 3.8) is 0 Å². The van der Waals surface area contributed by atoms with Crippen molar-refractivity contribution in [1.29, 1.82) is 0 Å². The molecule has 0 bridgehead atoms. The van der Waals surface area contributed by atoms with Gasteiger partial charge in [0.1, 0.15) is 4.83 Å². The van der Waals surface area contributed by atoms with Crippen molar-refractivity contribution < 1.29 is 17.9 Å². The Hall–Kier alpha value is -2.60. The Labute approximate surface area is 196 Å². The third kappa shape index (κ3) is 4.72. The summed E-state index contributed by atoms with van der Waals surface area (Å²) >= 11 is 1.48. The third-order valence-corrected chi connectivity index (χ3v) is 8.95. The summed E-state index contributed by atoms with van der Waals surface area (Å²) in [5.41, 5.74) is 1.75. The number of fused-ring (bicyclic) bond motifs is 1. The molecule has 1 amide bonds. The van der Waals surface area contributed by atoms with Crippen molar-refractivity contribution in [1.82, 2.24) is 13.9 Å². The van der Waals surface area contributed by atoms with Crippen LogP contribution in [0.2, 0.25) is 0 Å². The van der Waals surface area contributed by atoms with E-state index in [-0.39, 0.29) is 29.3 Å². The first kappa shape index (κ1) is 23.6. The molecule has 1 aliphatic rings. The van der Waals surface area contributed by atoms with E-state index in [1.54, 1.807) is 19.1 Å². The molecule has 1 saturated heterocycles. The molecule has 1 fully saturated rings. The molecule has 0 radical (unpaired) electrons. The van der Waals surface area contributed by atoms with Gasteiger partial charge in [-0.3, -0.25) is 14.2 Å². The van der Waals surface area contributed by atoms with E-state index in [0.29, 0.717) is 47.8 Å². The van der Waals surface area contributed by atoms with E-state index < -0.39 is 10.0 Å². The fourth-order valence-corrected chi connectivity index (χ4v) is 6.40. The zero-order valence-corrected chi connectivity index (χ0v) is 20.4. The topological polar surface area (TPSA) is 111 Å².